The van der Waals surface area contributed by atoms with E-state index in [1.165, 1.54) is 12.1 Å². The van der Waals surface area contributed by atoms with Crippen molar-refractivity contribution in [1.29, 1.82) is 0 Å². The zero-order valence-corrected chi connectivity index (χ0v) is 12.4. The first-order chi connectivity index (χ1) is 9.60. The second-order valence-corrected chi connectivity index (χ2v) is 6.42. The van der Waals surface area contributed by atoms with E-state index in [-0.39, 0.29) is 18.3 Å². The van der Waals surface area contributed by atoms with E-state index in [1.807, 2.05) is 11.8 Å². The molecule has 0 aromatic heterocycles. The molecular formula is C14H19FN2O2S. The number of carbonyl (C=O) groups excluding carboxylic acids is 1. The number of nitrogens with zero attached hydrogens (tertiary/aromatic N) is 2. The Hall–Kier alpha value is -1.27. The molecule has 1 aliphatic rings. The number of likely N-dealkylation sites (N-methyl/N-ethyl adjacent to an activating group) is 1. The highest BCUT2D eigenvalue weighted by Gasteiger charge is 2.24. The maximum Gasteiger partial charge on any atom is 0.242 e. The van der Waals surface area contributed by atoms with Gasteiger partial charge in [0.25, 0.3) is 0 Å². The van der Waals surface area contributed by atoms with Crippen molar-refractivity contribution < 1.29 is 13.7 Å². The number of carbonyl (C=O) groups is 1. The zero-order valence-electron chi connectivity index (χ0n) is 11.5. The maximum atomic E-state index is 12.9. The van der Waals surface area contributed by atoms with Gasteiger partial charge in [-0.15, -0.1) is 0 Å². The van der Waals surface area contributed by atoms with Crippen LogP contribution in [0.4, 0.5) is 10.1 Å². The summed E-state index contributed by atoms with van der Waals surface area (Å²) in [6.45, 7) is 4.03. The molecule has 110 valence electrons. The Balaban J connectivity index is 1.95. The predicted octanol–water partition coefficient (Wildman–Crippen LogP) is 1.24. The van der Waals surface area contributed by atoms with Crippen LogP contribution in [0.25, 0.3) is 0 Å². The third kappa shape index (κ3) is 3.86. The Morgan fingerprint density at radius 2 is 1.95 bits per heavy atom. The molecule has 0 bridgehead atoms. The SMILES string of the molecule is CCN(CC(=O)N1CC[S+]([O-])CC1)c1ccc(F)cc1. The molecule has 2 rings (SSSR count). The Morgan fingerprint density at radius 1 is 1.35 bits per heavy atom. The lowest BCUT2D eigenvalue weighted by Gasteiger charge is -2.31. The van der Waals surface area contributed by atoms with E-state index in [9.17, 15) is 13.7 Å². The van der Waals surface area contributed by atoms with Gasteiger partial charge in [-0.2, -0.15) is 0 Å². The largest absolute Gasteiger partial charge is 0.616 e. The minimum absolute atomic E-state index is 0.0351. The number of hydrogen-bond donors (Lipinski definition) is 0. The van der Waals surface area contributed by atoms with Crippen molar-refractivity contribution in [1.82, 2.24) is 4.90 Å². The van der Waals surface area contributed by atoms with Gasteiger partial charge in [0.2, 0.25) is 5.91 Å². The van der Waals surface area contributed by atoms with Gasteiger partial charge in [-0.05, 0) is 31.2 Å². The molecule has 1 aromatic carbocycles. The van der Waals surface area contributed by atoms with Gasteiger partial charge in [0, 0.05) is 12.2 Å². The van der Waals surface area contributed by atoms with Crippen LogP contribution in [0.15, 0.2) is 24.3 Å². The highest BCUT2D eigenvalue weighted by Crippen LogP contribution is 2.15. The van der Waals surface area contributed by atoms with E-state index in [4.69, 9.17) is 0 Å². The molecule has 0 radical (unpaired) electrons. The van der Waals surface area contributed by atoms with Gasteiger partial charge in [-0.3, -0.25) is 4.79 Å². The van der Waals surface area contributed by atoms with E-state index < -0.39 is 11.2 Å². The van der Waals surface area contributed by atoms with Crippen LogP contribution in [0.2, 0.25) is 0 Å². The lowest BCUT2D eigenvalue weighted by Crippen LogP contribution is -2.47. The molecule has 1 aromatic rings. The summed E-state index contributed by atoms with van der Waals surface area (Å²) in [7, 11) is 0. The molecule has 1 aliphatic heterocycles. The average Bonchev–Trinajstić information content (AvgIpc) is 2.46. The quantitative estimate of drug-likeness (QED) is 0.786. The van der Waals surface area contributed by atoms with Crippen molar-refractivity contribution in [3.8, 4) is 0 Å². The van der Waals surface area contributed by atoms with Gasteiger partial charge in [-0.25, -0.2) is 4.39 Å². The fourth-order valence-corrected chi connectivity index (χ4v) is 3.24. The van der Waals surface area contributed by atoms with Crippen molar-refractivity contribution in [3.63, 3.8) is 0 Å². The predicted molar refractivity (Wildman–Crippen MR) is 78.7 cm³/mol. The first-order valence-corrected chi connectivity index (χ1v) is 8.22. The van der Waals surface area contributed by atoms with Crippen LogP contribution in [-0.2, 0) is 16.0 Å². The van der Waals surface area contributed by atoms with Crippen LogP contribution >= 0.6 is 0 Å². The fourth-order valence-electron chi connectivity index (χ4n) is 2.19. The molecule has 1 amide bonds. The second kappa shape index (κ2) is 6.95. The van der Waals surface area contributed by atoms with Crippen LogP contribution in [0.1, 0.15) is 6.92 Å². The number of amides is 1. The summed E-state index contributed by atoms with van der Waals surface area (Å²) in [6.07, 6.45) is 0. The Morgan fingerprint density at radius 3 is 2.50 bits per heavy atom. The monoisotopic (exact) mass is 298 g/mol. The van der Waals surface area contributed by atoms with Crippen molar-refractivity contribution in [2.75, 3.05) is 42.6 Å². The Kier molecular flexibility index (Phi) is 5.25. The average molecular weight is 298 g/mol. The van der Waals surface area contributed by atoms with E-state index in [2.05, 4.69) is 0 Å². The molecule has 20 heavy (non-hydrogen) atoms. The molecule has 0 unspecified atom stereocenters. The van der Waals surface area contributed by atoms with Crippen LogP contribution < -0.4 is 4.90 Å². The number of anilines is 1. The van der Waals surface area contributed by atoms with Gasteiger partial charge in [-0.1, -0.05) is 11.2 Å². The van der Waals surface area contributed by atoms with Crippen molar-refractivity contribution in [3.05, 3.63) is 30.1 Å². The Labute approximate surface area is 121 Å². The summed E-state index contributed by atoms with van der Waals surface area (Å²) >= 11 is -0.780. The normalized spacial score (nSPS) is 16.2. The van der Waals surface area contributed by atoms with Gasteiger partial charge in [0.15, 0.2) is 0 Å². The minimum Gasteiger partial charge on any atom is -0.616 e. The molecule has 0 N–H and O–H groups in total. The van der Waals surface area contributed by atoms with E-state index in [0.717, 1.165) is 5.69 Å². The summed E-state index contributed by atoms with van der Waals surface area (Å²) in [4.78, 5) is 15.9. The number of benzene rings is 1. The summed E-state index contributed by atoms with van der Waals surface area (Å²) < 4.78 is 24.2. The lowest BCUT2D eigenvalue weighted by molar-refractivity contribution is -0.129. The molecule has 0 saturated carbocycles. The van der Waals surface area contributed by atoms with Crippen LogP contribution in [0.5, 0.6) is 0 Å². The van der Waals surface area contributed by atoms with Crippen molar-refractivity contribution in [2.45, 2.75) is 6.92 Å². The molecule has 4 nitrogen and oxygen atoms in total. The number of halogens is 1. The summed E-state index contributed by atoms with van der Waals surface area (Å²) in [5, 5.41) is 0. The molecule has 0 aliphatic carbocycles. The van der Waals surface area contributed by atoms with Gasteiger partial charge < -0.3 is 14.4 Å². The number of hydrogen-bond acceptors (Lipinski definition) is 3. The lowest BCUT2D eigenvalue weighted by atomic mass is 10.2. The fraction of sp³-hybridized carbons (Fsp3) is 0.500. The van der Waals surface area contributed by atoms with E-state index in [0.29, 0.717) is 31.1 Å². The molecule has 1 fully saturated rings. The summed E-state index contributed by atoms with van der Waals surface area (Å²) in [5.74, 6) is 0.880. The Bertz CT molecular complexity index is 447. The second-order valence-electron chi connectivity index (χ2n) is 4.72. The van der Waals surface area contributed by atoms with Crippen LogP contribution in [0.3, 0.4) is 0 Å². The van der Waals surface area contributed by atoms with Gasteiger partial charge >= 0.3 is 0 Å². The van der Waals surface area contributed by atoms with Gasteiger partial charge in [0.1, 0.15) is 17.3 Å². The molecule has 1 saturated heterocycles. The van der Waals surface area contributed by atoms with E-state index >= 15 is 0 Å². The molecule has 0 spiro atoms. The highest BCUT2D eigenvalue weighted by atomic mass is 32.2. The van der Waals surface area contributed by atoms with E-state index in [1.54, 1.807) is 17.0 Å². The molecule has 1 heterocycles. The standard InChI is InChI=1S/C14H19FN2O2S/c1-2-16(13-5-3-12(15)4-6-13)11-14(18)17-7-9-20(19)10-8-17/h3-6H,2,7-11H2,1H3. The van der Waals surface area contributed by atoms with Gasteiger partial charge in [0.05, 0.1) is 19.6 Å². The first kappa shape index (κ1) is 15.1. The van der Waals surface area contributed by atoms with Crippen LogP contribution in [0, 0.1) is 5.82 Å². The first-order valence-electron chi connectivity index (χ1n) is 6.73. The molecule has 6 heteroatoms. The van der Waals surface area contributed by atoms with Crippen molar-refractivity contribution >= 4 is 22.8 Å². The molecule has 0 atom stereocenters. The third-order valence-corrected chi connectivity index (χ3v) is 4.71. The highest BCUT2D eigenvalue weighted by molar-refractivity contribution is 7.91. The number of rotatable bonds is 4. The van der Waals surface area contributed by atoms with Crippen molar-refractivity contribution in [2.24, 2.45) is 0 Å². The smallest absolute Gasteiger partial charge is 0.242 e. The maximum absolute atomic E-state index is 12.9. The minimum atomic E-state index is -0.780. The topological polar surface area (TPSA) is 46.6 Å². The summed E-state index contributed by atoms with van der Waals surface area (Å²) in [5.41, 5.74) is 0.836. The third-order valence-electron chi connectivity index (χ3n) is 3.43. The zero-order chi connectivity index (χ0) is 14.5. The summed E-state index contributed by atoms with van der Waals surface area (Å²) in [6, 6.07) is 6.15. The molecular weight excluding hydrogens is 279 g/mol. The van der Waals surface area contributed by atoms with Crippen LogP contribution in [-0.4, -0.2) is 53.0 Å².